The van der Waals surface area contributed by atoms with Crippen LogP contribution >= 0.6 is 0 Å². The molecule has 0 aliphatic rings. The van der Waals surface area contributed by atoms with Gasteiger partial charge in [0, 0.05) is 11.8 Å². The third-order valence-electron chi connectivity index (χ3n) is 2.72. The average Bonchev–Trinajstić information content (AvgIpc) is 2.99. The lowest BCUT2D eigenvalue weighted by atomic mass is 10.1. The van der Waals surface area contributed by atoms with Crippen LogP contribution in [0.1, 0.15) is 10.5 Å². The second-order valence-corrected chi connectivity index (χ2v) is 4.07. The maximum absolute atomic E-state index is 12.2. The lowest BCUT2D eigenvalue weighted by molar-refractivity contribution is 0.102. The Bertz CT molecular complexity index is 708. The van der Waals surface area contributed by atoms with Crippen molar-refractivity contribution in [2.24, 2.45) is 0 Å². The molecule has 0 fully saturated rings. The number of nitrogens with zero attached hydrogens (tertiary/aromatic N) is 2. The minimum absolute atomic E-state index is 0.238. The third-order valence-corrected chi connectivity index (χ3v) is 2.72. The first-order valence-electron chi connectivity index (χ1n) is 6.06. The van der Waals surface area contributed by atoms with Crippen molar-refractivity contribution in [3.05, 3.63) is 66.8 Å². The van der Waals surface area contributed by atoms with Crippen LogP contribution in [0, 0.1) is 0 Å². The van der Waals surface area contributed by atoms with Crippen LogP contribution in [0.5, 0.6) is 0 Å². The van der Waals surface area contributed by atoms with Crippen molar-refractivity contribution in [2.45, 2.75) is 0 Å². The van der Waals surface area contributed by atoms with E-state index in [2.05, 4.69) is 15.3 Å². The van der Waals surface area contributed by atoms with Crippen LogP contribution in [-0.2, 0) is 0 Å². The molecular weight excluding hydrogens is 254 g/mol. The summed E-state index contributed by atoms with van der Waals surface area (Å²) in [6.45, 7) is 0. The van der Waals surface area contributed by atoms with Crippen LogP contribution in [0.15, 0.2) is 65.5 Å². The van der Waals surface area contributed by atoms with Crippen molar-refractivity contribution in [3.63, 3.8) is 0 Å². The Morgan fingerprint density at radius 3 is 2.55 bits per heavy atom. The number of carbonyl (C=O) groups excluding carboxylic acids is 1. The number of carbonyl (C=O) groups is 1. The standard InChI is InChI=1S/C15H11N3O2/c19-15(18-12-8-4-5-9-16-12)13-14(20-10-17-13)11-6-2-1-3-7-11/h1-10H,(H,16,18,19). The van der Waals surface area contributed by atoms with Crippen molar-refractivity contribution in [1.82, 2.24) is 9.97 Å². The van der Waals surface area contributed by atoms with Gasteiger partial charge in [0.1, 0.15) is 5.82 Å². The molecule has 20 heavy (non-hydrogen) atoms. The number of amides is 1. The molecule has 5 nitrogen and oxygen atoms in total. The van der Waals surface area contributed by atoms with Crippen molar-refractivity contribution >= 4 is 11.7 Å². The Balaban J connectivity index is 1.88. The molecule has 0 bridgehead atoms. The number of aromatic nitrogens is 2. The molecule has 0 spiro atoms. The number of nitrogens with one attached hydrogen (secondary N) is 1. The van der Waals surface area contributed by atoms with Gasteiger partial charge in [-0.25, -0.2) is 9.97 Å². The predicted octanol–water partition coefficient (Wildman–Crippen LogP) is 2.99. The highest BCUT2D eigenvalue weighted by Crippen LogP contribution is 2.23. The summed E-state index contributed by atoms with van der Waals surface area (Å²) in [5.74, 6) is 0.565. The van der Waals surface area contributed by atoms with E-state index in [1.165, 1.54) is 6.39 Å². The number of anilines is 1. The van der Waals surface area contributed by atoms with Gasteiger partial charge in [-0.2, -0.15) is 0 Å². The third kappa shape index (κ3) is 2.42. The zero-order valence-corrected chi connectivity index (χ0v) is 10.5. The molecule has 0 aliphatic carbocycles. The normalized spacial score (nSPS) is 10.2. The van der Waals surface area contributed by atoms with Crippen molar-refractivity contribution in [1.29, 1.82) is 0 Å². The Hall–Kier alpha value is -2.95. The van der Waals surface area contributed by atoms with E-state index < -0.39 is 0 Å². The zero-order chi connectivity index (χ0) is 13.8. The van der Waals surface area contributed by atoms with E-state index in [1.54, 1.807) is 24.4 Å². The molecule has 0 unspecified atom stereocenters. The molecule has 1 amide bonds. The molecule has 0 saturated carbocycles. The number of rotatable bonds is 3. The van der Waals surface area contributed by atoms with Crippen LogP contribution < -0.4 is 5.32 Å². The van der Waals surface area contributed by atoms with E-state index in [9.17, 15) is 4.79 Å². The number of oxazole rings is 1. The lowest BCUT2D eigenvalue weighted by Crippen LogP contribution is -2.14. The predicted molar refractivity (Wildman–Crippen MR) is 74.1 cm³/mol. The van der Waals surface area contributed by atoms with Gasteiger partial charge in [0.15, 0.2) is 17.8 Å². The van der Waals surface area contributed by atoms with Gasteiger partial charge in [0.2, 0.25) is 0 Å². The molecule has 1 N–H and O–H groups in total. The minimum Gasteiger partial charge on any atom is -0.443 e. The maximum atomic E-state index is 12.2. The summed E-state index contributed by atoms with van der Waals surface area (Å²) in [4.78, 5) is 20.2. The van der Waals surface area contributed by atoms with Crippen LogP contribution in [0.3, 0.4) is 0 Å². The lowest BCUT2D eigenvalue weighted by Gasteiger charge is -2.03. The van der Waals surface area contributed by atoms with E-state index in [4.69, 9.17) is 4.42 Å². The molecule has 2 heterocycles. The second kappa shape index (κ2) is 5.36. The smallest absolute Gasteiger partial charge is 0.279 e. The van der Waals surface area contributed by atoms with E-state index in [1.807, 2.05) is 30.3 Å². The molecule has 0 saturated heterocycles. The van der Waals surface area contributed by atoms with E-state index >= 15 is 0 Å². The molecule has 98 valence electrons. The largest absolute Gasteiger partial charge is 0.443 e. The average molecular weight is 265 g/mol. The van der Waals surface area contributed by atoms with Gasteiger partial charge >= 0.3 is 0 Å². The zero-order valence-electron chi connectivity index (χ0n) is 10.5. The van der Waals surface area contributed by atoms with Gasteiger partial charge in [-0.1, -0.05) is 36.4 Å². The summed E-state index contributed by atoms with van der Waals surface area (Å²) >= 11 is 0. The first-order chi connectivity index (χ1) is 9.84. The molecule has 0 aliphatic heterocycles. The molecule has 0 radical (unpaired) electrons. The molecule has 1 aromatic carbocycles. The monoisotopic (exact) mass is 265 g/mol. The highest BCUT2D eigenvalue weighted by molar-refractivity contribution is 6.05. The summed E-state index contributed by atoms with van der Waals surface area (Å²) in [5.41, 5.74) is 1.04. The maximum Gasteiger partial charge on any atom is 0.279 e. The van der Waals surface area contributed by atoms with E-state index in [0.29, 0.717) is 11.6 Å². The minimum atomic E-state index is -0.351. The van der Waals surface area contributed by atoms with Gasteiger partial charge in [-0.15, -0.1) is 0 Å². The first kappa shape index (κ1) is 12.1. The fourth-order valence-corrected chi connectivity index (χ4v) is 1.81. The SMILES string of the molecule is O=C(Nc1ccccn1)c1ncoc1-c1ccccc1. The van der Waals surface area contributed by atoms with Gasteiger partial charge in [0.05, 0.1) is 0 Å². The van der Waals surface area contributed by atoms with Gasteiger partial charge in [0.25, 0.3) is 5.91 Å². The number of benzene rings is 1. The molecule has 0 atom stereocenters. The van der Waals surface area contributed by atoms with Gasteiger partial charge in [-0.3, -0.25) is 4.79 Å². The van der Waals surface area contributed by atoms with E-state index in [0.717, 1.165) is 5.56 Å². The number of hydrogen-bond donors (Lipinski definition) is 1. The summed E-state index contributed by atoms with van der Waals surface area (Å²) < 4.78 is 5.32. The summed E-state index contributed by atoms with van der Waals surface area (Å²) in [6, 6.07) is 14.6. The molecule has 3 rings (SSSR count). The molecule has 2 aromatic heterocycles. The quantitative estimate of drug-likeness (QED) is 0.790. The Morgan fingerprint density at radius 2 is 1.80 bits per heavy atom. The first-order valence-corrected chi connectivity index (χ1v) is 6.06. The fourth-order valence-electron chi connectivity index (χ4n) is 1.81. The van der Waals surface area contributed by atoms with Gasteiger partial charge in [-0.05, 0) is 12.1 Å². The van der Waals surface area contributed by atoms with Crippen molar-refractivity contribution in [3.8, 4) is 11.3 Å². The highest BCUT2D eigenvalue weighted by Gasteiger charge is 2.18. The summed E-state index contributed by atoms with van der Waals surface area (Å²) in [6.07, 6.45) is 2.87. The molecule has 3 aromatic rings. The fraction of sp³-hybridized carbons (Fsp3) is 0. The second-order valence-electron chi connectivity index (χ2n) is 4.07. The highest BCUT2D eigenvalue weighted by atomic mass is 16.3. The summed E-state index contributed by atoms with van der Waals surface area (Å²) in [5, 5.41) is 2.68. The number of pyridine rings is 1. The van der Waals surface area contributed by atoms with Crippen LogP contribution in [0.25, 0.3) is 11.3 Å². The topological polar surface area (TPSA) is 68.0 Å². The Morgan fingerprint density at radius 1 is 1.00 bits per heavy atom. The Kier molecular flexibility index (Phi) is 3.24. The Labute approximate surface area is 115 Å². The number of hydrogen-bond acceptors (Lipinski definition) is 4. The van der Waals surface area contributed by atoms with Crippen LogP contribution in [-0.4, -0.2) is 15.9 Å². The van der Waals surface area contributed by atoms with Crippen molar-refractivity contribution < 1.29 is 9.21 Å². The van der Waals surface area contributed by atoms with Crippen LogP contribution in [0.4, 0.5) is 5.82 Å². The molecule has 5 heteroatoms. The van der Waals surface area contributed by atoms with Crippen molar-refractivity contribution in [2.75, 3.05) is 5.32 Å². The summed E-state index contributed by atoms with van der Waals surface area (Å²) in [7, 11) is 0. The molecular formula is C15H11N3O2. The van der Waals surface area contributed by atoms with Gasteiger partial charge < -0.3 is 9.73 Å². The van der Waals surface area contributed by atoms with Crippen LogP contribution in [0.2, 0.25) is 0 Å². The van der Waals surface area contributed by atoms with E-state index in [-0.39, 0.29) is 11.6 Å².